The fraction of sp³-hybridized carbons (Fsp3) is 0.212. The molecule has 2 fully saturated rings. The van der Waals surface area contributed by atoms with Gasteiger partial charge in [0.15, 0.2) is 11.5 Å². The average Bonchev–Trinajstić information content (AvgIpc) is 3.64. The van der Waals surface area contributed by atoms with Crippen molar-refractivity contribution in [3.05, 3.63) is 103 Å². The van der Waals surface area contributed by atoms with E-state index in [1.54, 1.807) is 18.9 Å². The predicted octanol–water partition coefficient (Wildman–Crippen LogP) is 4.63. The molecule has 4 aromatic heterocycles. The van der Waals surface area contributed by atoms with Crippen LogP contribution in [0.25, 0.3) is 39.5 Å². The standard InChI is InChI=1S/C33H30N10/c34-29-26(7-4-15-36-29)30-40-28-13-12-27(24-5-2-1-3-6-24)39-31(28)43(30)25-10-8-23(9-11-25)17-41-16-14-33(18-41)19-42(20-33)32-37-21-35-22-38-32/h1-13,15,21-22H,14,16-20H2,(H2,34,36). The quantitative estimate of drug-likeness (QED) is 0.308. The van der Waals surface area contributed by atoms with Gasteiger partial charge in [-0.1, -0.05) is 42.5 Å². The lowest BCUT2D eigenvalue weighted by Crippen LogP contribution is -2.58. The van der Waals surface area contributed by atoms with Crippen molar-refractivity contribution in [3.63, 3.8) is 0 Å². The predicted molar refractivity (Wildman–Crippen MR) is 166 cm³/mol. The second-order valence-corrected chi connectivity index (χ2v) is 11.5. The highest BCUT2D eigenvalue weighted by Gasteiger charge is 2.48. The maximum Gasteiger partial charge on any atom is 0.228 e. The van der Waals surface area contributed by atoms with Gasteiger partial charge in [-0.2, -0.15) is 0 Å². The summed E-state index contributed by atoms with van der Waals surface area (Å²) in [5.74, 6) is 1.94. The molecular weight excluding hydrogens is 536 g/mol. The van der Waals surface area contributed by atoms with Gasteiger partial charge in [0, 0.05) is 49.0 Å². The monoisotopic (exact) mass is 566 g/mol. The van der Waals surface area contributed by atoms with Crippen molar-refractivity contribution in [1.29, 1.82) is 0 Å². The zero-order valence-corrected chi connectivity index (χ0v) is 23.6. The van der Waals surface area contributed by atoms with E-state index in [0.717, 1.165) is 78.2 Å². The number of benzene rings is 2. The third-order valence-corrected chi connectivity index (χ3v) is 8.59. The Morgan fingerprint density at radius 1 is 0.791 bits per heavy atom. The Labute approximate surface area is 248 Å². The molecule has 0 atom stereocenters. The molecule has 1 spiro atoms. The van der Waals surface area contributed by atoms with Gasteiger partial charge in [-0.05, 0) is 54.9 Å². The molecule has 0 radical (unpaired) electrons. The zero-order valence-electron chi connectivity index (χ0n) is 23.6. The number of fused-ring (bicyclic) bond motifs is 1. The second-order valence-electron chi connectivity index (χ2n) is 11.5. The topological polar surface area (TPSA) is 115 Å². The fourth-order valence-electron chi connectivity index (χ4n) is 6.49. The lowest BCUT2D eigenvalue weighted by atomic mass is 9.79. The van der Waals surface area contributed by atoms with Crippen LogP contribution in [0.2, 0.25) is 0 Å². The molecule has 6 heterocycles. The normalized spacial score (nSPS) is 16.1. The van der Waals surface area contributed by atoms with Gasteiger partial charge in [-0.3, -0.25) is 9.47 Å². The van der Waals surface area contributed by atoms with Crippen molar-refractivity contribution >= 4 is 22.9 Å². The molecule has 2 N–H and O–H groups in total. The van der Waals surface area contributed by atoms with Crippen molar-refractivity contribution in [1.82, 2.24) is 39.4 Å². The average molecular weight is 567 g/mol. The molecule has 2 aliphatic rings. The number of likely N-dealkylation sites (tertiary alicyclic amines) is 1. The fourth-order valence-corrected chi connectivity index (χ4v) is 6.49. The number of nitrogens with two attached hydrogens (primary N) is 1. The lowest BCUT2D eigenvalue weighted by molar-refractivity contribution is 0.200. The van der Waals surface area contributed by atoms with Crippen LogP contribution in [-0.4, -0.2) is 65.5 Å². The lowest BCUT2D eigenvalue weighted by Gasteiger charge is -2.48. The van der Waals surface area contributed by atoms with E-state index >= 15 is 0 Å². The molecule has 0 aliphatic carbocycles. The van der Waals surface area contributed by atoms with Crippen molar-refractivity contribution in [2.75, 3.05) is 36.8 Å². The smallest absolute Gasteiger partial charge is 0.228 e. The van der Waals surface area contributed by atoms with E-state index in [-0.39, 0.29) is 0 Å². The number of hydrogen-bond acceptors (Lipinski definition) is 9. The molecule has 8 rings (SSSR count). The van der Waals surface area contributed by atoms with Gasteiger partial charge in [-0.25, -0.2) is 29.9 Å². The van der Waals surface area contributed by atoms with E-state index in [1.807, 2.05) is 42.5 Å². The number of anilines is 2. The maximum atomic E-state index is 6.33. The number of aromatic nitrogens is 7. The molecule has 212 valence electrons. The summed E-state index contributed by atoms with van der Waals surface area (Å²) >= 11 is 0. The number of imidazole rings is 1. The highest BCUT2D eigenvalue weighted by molar-refractivity contribution is 5.84. The Hall–Kier alpha value is -5.22. The van der Waals surface area contributed by atoms with Gasteiger partial charge in [-0.15, -0.1) is 0 Å². The van der Waals surface area contributed by atoms with E-state index in [4.69, 9.17) is 15.7 Å². The van der Waals surface area contributed by atoms with Gasteiger partial charge in [0.25, 0.3) is 0 Å². The Kier molecular flexibility index (Phi) is 6.07. The summed E-state index contributed by atoms with van der Waals surface area (Å²) in [7, 11) is 0. The molecule has 2 aromatic carbocycles. The number of pyridine rings is 2. The molecule has 0 amide bonds. The molecular formula is C33H30N10. The van der Waals surface area contributed by atoms with Crippen LogP contribution in [0.15, 0.2) is 97.7 Å². The third kappa shape index (κ3) is 4.65. The van der Waals surface area contributed by atoms with Crippen molar-refractivity contribution in [2.24, 2.45) is 5.41 Å². The van der Waals surface area contributed by atoms with E-state index in [1.165, 1.54) is 12.0 Å². The molecule has 2 saturated heterocycles. The summed E-state index contributed by atoms with van der Waals surface area (Å²) in [6.07, 6.45) is 6.02. The molecule has 10 nitrogen and oxygen atoms in total. The Balaban J connectivity index is 1.07. The first-order valence-corrected chi connectivity index (χ1v) is 14.5. The number of nitrogens with zero attached hydrogens (tertiary/aromatic N) is 9. The summed E-state index contributed by atoms with van der Waals surface area (Å²) in [6, 6.07) is 26.8. The minimum Gasteiger partial charge on any atom is -0.383 e. The first kappa shape index (κ1) is 25.5. The molecule has 2 aliphatic heterocycles. The van der Waals surface area contributed by atoms with Crippen LogP contribution in [0.4, 0.5) is 11.8 Å². The molecule has 0 saturated carbocycles. The summed E-state index contributed by atoms with van der Waals surface area (Å²) in [4.78, 5) is 31.7. The minimum absolute atomic E-state index is 0.322. The van der Waals surface area contributed by atoms with Crippen LogP contribution in [0, 0.1) is 5.41 Å². The van der Waals surface area contributed by atoms with Gasteiger partial charge >= 0.3 is 0 Å². The minimum atomic E-state index is 0.322. The summed E-state index contributed by atoms with van der Waals surface area (Å²) < 4.78 is 2.09. The first-order chi connectivity index (χ1) is 21.1. The second kappa shape index (κ2) is 10.2. The third-order valence-electron chi connectivity index (χ3n) is 8.59. The summed E-state index contributed by atoms with van der Waals surface area (Å²) in [5, 5.41) is 0. The van der Waals surface area contributed by atoms with Gasteiger partial charge < -0.3 is 10.6 Å². The van der Waals surface area contributed by atoms with E-state index in [0.29, 0.717) is 11.2 Å². The molecule has 6 aromatic rings. The Bertz CT molecular complexity index is 1900. The zero-order chi connectivity index (χ0) is 28.8. The summed E-state index contributed by atoms with van der Waals surface area (Å²) in [5.41, 5.74) is 13.2. The van der Waals surface area contributed by atoms with E-state index < -0.39 is 0 Å². The van der Waals surface area contributed by atoms with Gasteiger partial charge in [0.05, 0.1) is 11.3 Å². The highest BCUT2D eigenvalue weighted by atomic mass is 15.3. The van der Waals surface area contributed by atoms with Crippen LogP contribution in [0.3, 0.4) is 0 Å². The van der Waals surface area contributed by atoms with Gasteiger partial charge in [0.2, 0.25) is 5.95 Å². The number of hydrogen-bond donors (Lipinski definition) is 1. The van der Waals surface area contributed by atoms with E-state index in [9.17, 15) is 0 Å². The molecule has 0 bridgehead atoms. The molecule has 0 unspecified atom stereocenters. The molecule has 10 heteroatoms. The van der Waals surface area contributed by atoms with Crippen LogP contribution >= 0.6 is 0 Å². The first-order valence-electron chi connectivity index (χ1n) is 14.5. The van der Waals surface area contributed by atoms with Crippen LogP contribution < -0.4 is 10.6 Å². The van der Waals surface area contributed by atoms with Crippen molar-refractivity contribution in [3.8, 4) is 28.3 Å². The Morgan fingerprint density at radius 2 is 1.60 bits per heavy atom. The van der Waals surface area contributed by atoms with Crippen LogP contribution in [-0.2, 0) is 6.54 Å². The number of nitrogen functional groups attached to an aromatic ring is 1. The largest absolute Gasteiger partial charge is 0.383 e. The maximum absolute atomic E-state index is 6.33. The molecule has 43 heavy (non-hydrogen) atoms. The van der Waals surface area contributed by atoms with Gasteiger partial charge in [0.1, 0.15) is 24.0 Å². The SMILES string of the molecule is Nc1ncccc1-c1nc2ccc(-c3ccccc3)nc2n1-c1ccc(CN2CCC3(C2)CN(c2ncncn2)C3)cc1. The number of rotatable bonds is 6. The van der Waals surface area contributed by atoms with Crippen molar-refractivity contribution in [2.45, 2.75) is 13.0 Å². The highest BCUT2D eigenvalue weighted by Crippen LogP contribution is 2.41. The van der Waals surface area contributed by atoms with Crippen LogP contribution in [0.1, 0.15) is 12.0 Å². The van der Waals surface area contributed by atoms with Crippen molar-refractivity contribution < 1.29 is 0 Å². The summed E-state index contributed by atoms with van der Waals surface area (Å²) in [6.45, 7) is 5.09. The Morgan fingerprint density at radius 3 is 2.40 bits per heavy atom. The van der Waals surface area contributed by atoms with Crippen LogP contribution in [0.5, 0.6) is 0 Å². The van der Waals surface area contributed by atoms with E-state index in [2.05, 4.69) is 70.7 Å².